The molecule has 0 spiro atoms. The third kappa shape index (κ3) is 2.14. The smallest absolute Gasteiger partial charge is 0.251 e. The first-order valence-electron chi connectivity index (χ1n) is 4.92. The number of nitrogens with zero attached hydrogens (tertiary/aromatic N) is 2. The van der Waals surface area contributed by atoms with Crippen molar-refractivity contribution < 1.29 is 9.59 Å². The molecule has 2 heterocycles. The van der Waals surface area contributed by atoms with Crippen molar-refractivity contribution in [1.29, 1.82) is 0 Å². The summed E-state index contributed by atoms with van der Waals surface area (Å²) in [5.74, 6) is 0.740. The number of likely N-dealkylation sites (tertiary alicyclic amines) is 1. The molecule has 15 heavy (non-hydrogen) atoms. The third-order valence-electron chi connectivity index (χ3n) is 2.48. The Labute approximate surface area is 92.3 Å². The molecule has 2 aliphatic heterocycles. The van der Waals surface area contributed by atoms with Crippen LogP contribution in [0, 0.1) is 0 Å². The Morgan fingerprint density at radius 2 is 2.33 bits per heavy atom. The van der Waals surface area contributed by atoms with Crippen LogP contribution >= 0.6 is 11.8 Å². The lowest BCUT2D eigenvalue weighted by Crippen LogP contribution is -2.40. The second-order valence-electron chi connectivity index (χ2n) is 3.58. The van der Waals surface area contributed by atoms with Crippen LogP contribution in [-0.2, 0) is 9.59 Å². The molecule has 6 heteroatoms. The van der Waals surface area contributed by atoms with E-state index in [1.165, 1.54) is 11.9 Å². The van der Waals surface area contributed by atoms with Crippen molar-refractivity contribution >= 4 is 28.7 Å². The fraction of sp³-hybridized carbons (Fsp3) is 0.667. The van der Waals surface area contributed by atoms with E-state index in [0.717, 1.165) is 23.9 Å². The van der Waals surface area contributed by atoms with Crippen LogP contribution in [0.1, 0.15) is 12.8 Å². The maximum Gasteiger partial charge on any atom is 0.251 e. The van der Waals surface area contributed by atoms with Gasteiger partial charge >= 0.3 is 0 Å². The van der Waals surface area contributed by atoms with Crippen LogP contribution in [0.25, 0.3) is 0 Å². The van der Waals surface area contributed by atoms with Crippen molar-refractivity contribution in [3.05, 3.63) is 0 Å². The molecule has 82 valence electrons. The molecule has 2 rings (SSSR count). The van der Waals surface area contributed by atoms with E-state index in [0.29, 0.717) is 0 Å². The molecule has 1 saturated heterocycles. The van der Waals surface area contributed by atoms with Crippen LogP contribution < -0.4 is 5.32 Å². The molecule has 1 atom stereocenters. The molecule has 0 aromatic heterocycles. The summed E-state index contributed by atoms with van der Waals surface area (Å²) in [7, 11) is 1.52. The number of aliphatic imine (C=N–C) groups is 1. The summed E-state index contributed by atoms with van der Waals surface area (Å²) in [5.41, 5.74) is 0. The van der Waals surface area contributed by atoms with Crippen LogP contribution in [0.5, 0.6) is 0 Å². The minimum Gasteiger partial charge on any atom is -0.353 e. The van der Waals surface area contributed by atoms with Crippen LogP contribution in [0.4, 0.5) is 0 Å². The number of amidine groups is 1. The van der Waals surface area contributed by atoms with Gasteiger partial charge in [-0.2, -0.15) is 0 Å². The zero-order valence-electron chi connectivity index (χ0n) is 8.52. The predicted octanol–water partition coefficient (Wildman–Crippen LogP) is -0.174. The number of hydrogen-bond donors (Lipinski definition) is 1. The Hall–Kier alpha value is -1.04. The molecule has 1 N–H and O–H groups in total. The predicted molar refractivity (Wildman–Crippen MR) is 58.7 cm³/mol. The number of carbonyl (C=O) groups excluding carboxylic acids is 2. The summed E-state index contributed by atoms with van der Waals surface area (Å²) in [6, 6.07) is -0.410. The highest BCUT2D eigenvalue weighted by atomic mass is 32.2. The average Bonchev–Trinajstić information content (AvgIpc) is 2.48. The second-order valence-corrected chi connectivity index (χ2v) is 4.66. The maximum atomic E-state index is 11.6. The first-order chi connectivity index (χ1) is 7.18. The molecule has 5 nitrogen and oxygen atoms in total. The van der Waals surface area contributed by atoms with Crippen molar-refractivity contribution in [3.8, 4) is 0 Å². The topological polar surface area (TPSA) is 61.8 Å². The van der Waals surface area contributed by atoms with E-state index < -0.39 is 6.04 Å². The summed E-state index contributed by atoms with van der Waals surface area (Å²) in [6.45, 7) is 0.806. The van der Waals surface area contributed by atoms with Gasteiger partial charge in [0.2, 0.25) is 5.91 Å². The molecule has 2 amide bonds. The zero-order valence-corrected chi connectivity index (χ0v) is 9.34. The SMILES string of the molecule is CN1C(=O)CC(NC2=NCCCS2)C1=O. The summed E-state index contributed by atoms with van der Waals surface area (Å²) < 4.78 is 0. The van der Waals surface area contributed by atoms with E-state index >= 15 is 0 Å². The quantitative estimate of drug-likeness (QED) is 0.632. The average molecular weight is 227 g/mol. The summed E-state index contributed by atoms with van der Waals surface area (Å²) in [4.78, 5) is 28.3. The van der Waals surface area contributed by atoms with Crippen molar-refractivity contribution in [2.75, 3.05) is 19.3 Å². The van der Waals surface area contributed by atoms with E-state index in [1.54, 1.807) is 11.8 Å². The summed E-state index contributed by atoms with van der Waals surface area (Å²) >= 11 is 1.61. The van der Waals surface area contributed by atoms with Gasteiger partial charge < -0.3 is 5.32 Å². The number of nitrogens with one attached hydrogen (secondary N) is 1. The summed E-state index contributed by atoms with van der Waals surface area (Å²) in [5, 5.41) is 3.82. The molecule has 0 aromatic carbocycles. The molecule has 0 saturated carbocycles. The number of imide groups is 1. The normalized spacial score (nSPS) is 26.9. The van der Waals surface area contributed by atoms with Gasteiger partial charge in [-0.3, -0.25) is 19.5 Å². The van der Waals surface area contributed by atoms with Gasteiger partial charge in [0.25, 0.3) is 5.91 Å². The van der Waals surface area contributed by atoms with Gasteiger partial charge in [0.15, 0.2) is 5.17 Å². The maximum absolute atomic E-state index is 11.6. The lowest BCUT2D eigenvalue weighted by atomic mass is 10.2. The first-order valence-corrected chi connectivity index (χ1v) is 5.91. The fourth-order valence-corrected chi connectivity index (χ4v) is 2.44. The highest BCUT2D eigenvalue weighted by Gasteiger charge is 2.36. The lowest BCUT2D eigenvalue weighted by Gasteiger charge is -2.16. The summed E-state index contributed by atoms with van der Waals surface area (Å²) in [6.07, 6.45) is 1.32. The van der Waals surface area contributed by atoms with Gasteiger partial charge in [-0.15, -0.1) is 0 Å². The number of rotatable bonds is 1. The fourth-order valence-electron chi connectivity index (χ4n) is 1.56. The van der Waals surface area contributed by atoms with Gasteiger partial charge in [0, 0.05) is 19.3 Å². The molecule has 0 radical (unpaired) electrons. The number of amides is 2. The van der Waals surface area contributed by atoms with Gasteiger partial charge in [0.1, 0.15) is 6.04 Å². The van der Waals surface area contributed by atoms with Crippen molar-refractivity contribution in [2.45, 2.75) is 18.9 Å². The molecule has 1 fully saturated rings. The number of carbonyl (C=O) groups is 2. The molecule has 2 aliphatic rings. The van der Waals surface area contributed by atoms with Crippen LogP contribution in [-0.4, -0.2) is 47.3 Å². The van der Waals surface area contributed by atoms with E-state index in [9.17, 15) is 9.59 Å². The van der Waals surface area contributed by atoms with Gasteiger partial charge in [-0.25, -0.2) is 0 Å². The van der Waals surface area contributed by atoms with Crippen LogP contribution in [0.15, 0.2) is 4.99 Å². The van der Waals surface area contributed by atoms with Crippen LogP contribution in [0.3, 0.4) is 0 Å². The van der Waals surface area contributed by atoms with Gasteiger partial charge in [-0.05, 0) is 6.42 Å². The van der Waals surface area contributed by atoms with Gasteiger partial charge in [-0.1, -0.05) is 11.8 Å². The first kappa shape index (κ1) is 10.5. The zero-order chi connectivity index (χ0) is 10.8. The number of thioether (sulfide) groups is 1. The molecule has 1 unspecified atom stereocenters. The largest absolute Gasteiger partial charge is 0.353 e. The molecule has 0 aromatic rings. The Bertz CT molecular complexity index is 329. The molecule has 0 bridgehead atoms. The third-order valence-corrected chi connectivity index (χ3v) is 3.49. The minimum atomic E-state index is -0.410. The Morgan fingerprint density at radius 1 is 1.53 bits per heavy atom. The Morgan fingerprint density at radius 3 is 2.87 bits per heavy atom. The van der Waals surface area contributed by atoms with Crippen LogP contribution in [0.2, 0.25) is 0 Å². The molecular formula is C9H13N3O2S. The molecular weight excluding hydrogens is 214 g/mol. The minimum absolute atomic E-state index is 0.126. The standard InChI is InChI=1S/C9H13N3O2S/c1-12-7(13)5-6(8(12)14)11-9-10-3-2-4-15-9/h6H,2-5H2,1H3,(H,10,11). The molecule has 0 aliphatic carbocycles. The number of hydrogen-bond acceptors (Lipinski definition) is 5. The Balaban J connectivity index is 1.98. The van der Waals surface area contributed by atoms with Crippen molar-refractivity contribution in [2.24, 2.45) is 4.99 Å². The highest BCUT2D eigenvalue weighted by Crippen LogP contribution is 2.15. The van der Waals surface area contributed by atoms with E-state index in [1.807, 2.05) is 0 Å². The van der Waals surface area contributed by atoms with E-state index in [2.05, 4.69) is 10.3 Å². The van der Waals surface area contributed by atoms with Crippen molar-refractivity contribution in [3.63, 3.8) is 0 Å². The van der Waals surface area contributed by atoms with E-state index in [-0.39, 0.29) is 18.2 Å². The Kier molecular flexibility index (Phi) is 2.95. The number of likely N-dealkylation sites (N-methyl/N-ethyl adjacent to an activating group) is 1. The highest BCUT2D eigenvalue weighted by molar-refractivity contribution is 8.13. The second kappa shape index (κ2) is 4.22. The lowest BCUT2D eigenvalue weighted by molar-refractivity contribution is -0.137. The van der Waals surface area contributed by atoms with Gasteiger partial charge in [0.05, 0.1) is 6.42 Å². The van der Waals surface area contributed by atoms with Crippen molar-refractivity contribution in [1.82, 2.24) is 10.2 Å². The monoisotopic (exact) mass is 227 g/mol. The van der Waals surface area contributed by atoms with E-state index in [4.69, 9.17) is 0 Å².